The highest BCUT2D eigenvalue weighted by Gasteiger charge is 2.26. The van der Waals surface area contributed by atoms with Crippen molar-refractivity contribution < 1.29 is 37.6 Å². The lowest BCUT2D eigenvalue weighted by atomic mass is 10.0. The summed E-state index contributed by atoms with van der Waals surface area (Å²) in [5, 5.41) is 0. The lowest BCUT2D eigenvalue weighted by Gasteiger charge is -2.19. The number of hydrogen-bond acceptors (Lipinski definition) is 8. The van der Waals surface area contributed by atoms with Gasteiger partial charge in [-0.3, -0.25) is 18.6 Å². The number of esters is 2. The lowest BCUT2D eigenvalue weighted by Crippen LogP contribution is -2.29. The molecule has 0 rings (SSSR count). The van der Waals surface area contributed by atoms with E-state index in [1.807, 2.05) is 0 Å². The normalized spacial score (nSPS) is 13.8. The molecule has 380 valence electrons. The molecule has 0 fully saturated rings. The molecule has 0 saturated carbocycles. The van der Waals surface area contributed by atoms with Gasteiger partial charge in [0.25, 0.3) is 0 Å². The Kier molecular flexibility index (Phi) is 49.4. The van der Waals surface area contributed by atoms with E-state index in [1.54, 1.807) is 0 Å². The van der Waals surface area contributed by atoms with E-state index >= 15 is 0 Å². The summed E-state index contributed by atoms with van der Waals surface area (Å²) in [6.45, 7) is 3.62. The minimum atomic E-state index is -4.38. The van der Waals surface area contributed by atoms with Crippen molar-refractivity contribution in [1.82, 2.24) is 0 Å². The van der Waals surface area contributed by atoms with Crippen molar-refractivity contribution in [3.8, 4) is 0 Å². The van der Waals surface area contributed by atoms with Crippen LogP contribution in [0.2, 0.25) is 0 Å². The third-order valence-corrected chi connectivity index (χ3v) is 12.0. The number of carbonyl (C=O) groups excluding carboxylic acids is 2. The van der Waals surface area contributed by atoms with E-state index in [0.29, 0.717) is 6.42 Å². The average molecular weight is 944 g/mol. The predicted molar refractivity (Wildman–Crippen MR) is 279 cm³/mol. The first-order chi connectivity index (χ1) is 32.3. The molecule has 0 spiro atoms. The number of phosphoric ester groups is 1. The fourth-order valence-electron chi connectivity index (χ4n) is 7.15. The van der Waals surface area contributed by atoms with Crippen LogP contribution in [0.1, 0.15) is 226 Å². The van der Waals surface area contributed by atoms with Crippen LogP contribution in [0.15, 0.2) is 85.1 Å². The number of rotatable bonds is 49. The Bertz CT molecular complexity index is 1350. The van der Waals surface area contributed by atoms with Crippen LogP contribution >= 0.6 is 7.82 Å². The molecule has 0 aromatic rings. The molecule has 0 amide bonds. The van der Waals surface area contributed by atoms with Crippen molar-refractivity contribution in [2.24, 2.45) is 5.73 Å². The van der Waals surface area contributed by atoms with Gasteiger partial charge in [0, 0.05) is 19.4 Å². The molecule has 0 aliphatic carbocycles. The zero-order valence-electron chi connectivity index (χ0n) is 42.2. The third-order valence-electron chi connectivity index (χ3n) is 11.0. The molecular weight excluding hydrogens is 846 g/mol. The van der Waals surface area contributed by atoms with Gasteiger partial charge in [-0.2, -0.15) is 0 Å². The highest BCUT2D eigenvalue weighted by molar-refractivity contribution is 7.47. The Hall–Kier alpha value is -2.81. The van der Waals surface area contributed by atoms with Crippen molar-refractivity contribution in [1.29, 1.82) is 0 Å². The number of phosphoric acid groups is 1. The second kappa shape index (κ2) is 51.6. The molecule has 2 atom stereocenters. The van der Waals surface area contributed by atoms with E-state index in [1.165, 1.54) is 103 Å². The third kappa shape index (κ3) is 50.6. The Morgan fingerprint density at radius 3 is 1.24 bits per heavy atom. The molecule has 0 aromatic carbocycles. The Balaban J connectivity index is 3.96. The van der Waals surface area contributed by atoms with Crippen molar-refractivity contribution in [2.45, 2.75) is 232 Å². The van der Waals surface area contributed by atoms with E-state index in [0.717, 1.165) is 89.9 Å². The van der Waals surface area contributed by atoms with Gasteiger partial charge >= 0.3 is 19.8 Å². The molecular formula is C56H98NO8P. The first-order valence-corrected chi connectivity index (χ1v) is 28.1. The number of allylic oxidation sites excluding steroid dienone is 14. The Morgan fingerprint density at radius 1 is 0.470 bits per heavy atom. The average Bonchev–Trinajstić information content (AvgIpc) is 3.31. The summed E-state index contributed by atoms with van der Waals surface area (Å²) < 4.78 is 32.9. The number of unbranched alkanes of at least 4 members (excludes halogenated alkanes) is 22. The monoisotopic (exact) mass is 944 g/mol. The van der Waals surface area contributed by atoms with Gasteiger partial charge in [-0.15, -0.1) is 0 Å². The van der Waals surface area contributed by atoms with Gasteiger partial charge in [-0.25, -0.2) is 4.57 Å². The summed E-state index contributed by atoms with van der Waals surface area (Å²) in [6.07, 6.45) is 66.3. The van der Waals surface area contributed by atoms with Crippen LogP contribution in [0.5, 0.6) is 0 Å². The largest absolute Gasteiger partial charge is 0.472 e. The highest BCUT2D eigenvalue weighted by Crippen LogP contribution is 2.43. The van der Waals surface area contributed by atoms with Crippen LogP contribution in [0.3, 0.4) is 0 Å². The number of nitrogens with two attached hydrogens (primary N) is 1. The second-order valence-corrected chi connectivity index (χ2v) is 18.8. The molecule has 10 heteroatoms. The predicted octanol–water partition coefficient (Wildman–Crippen LogP) is 16.3. The maximum atomic E-state index is 12.7. The van der Waals surface area contributed by atoms with Crippen LogP contribution < -0.4 is 5.73 Å². The SMILES string of the molecule is CC/C=C\C/C=C\C/C=C\C/C=C\C/C=C\C/C=C\C/C=C\CCCCCCCCCCCCCC(=O)OC(COC(=O)CCCCCCCCCCCCCC)COP(=O)(O)OCCN. The smallest absolute Gasteiger partial charge is 0.462 e. The van der Waals surface area contributed by atoms with Gasteiger partial charge < -0.3 is 20.1 Å². The maximum Gasteiger partial charge on any atom is 0.472 e. The molecule has 0 saturated heterocycles. The second-order valence-electron chi connectivity index (χ2n) is 17.4. The van der Waals surface area contributed by atoms with Crippen molar-refractivity contribution in [2.75, 3.05) is 26.4 Å². The van der Waals surface area contributed by atoms with Gasteiger partial charge in [-0.05, 0) is 70.6 Å². The molecule has 2 unspecified atom stereocenters. The van der Waals surface area contributed by atoms with Crippen LogP contribution in [0.4, 0.5) is 0 Å². The summed E-state index contributed by atoms with van der Waals surface area (Å²) in [7, 11) is -4.38. The van der Waals surface area contributed by atoms with E-state index < -0.39 is 26.5 Å². The summed E-state index contributed by atoms with van der Waals surface area (Å²) in [5.74, 6) is -0.831. The van der Waals surface area contributed by atoms with Gasteiger partial charge in [0.2, 0.25) is 0 Å². The van der Waals surface area contributed by atoms with E-state index in [9.17, 15) is 19.0 Å². The van der Waals surface area contributed by atoms with E-state index in [4.69, 9.17) is 24.3 Å². The molecule has 9 nitrogen and oxygen atoms in total. The fourth-order valence-corrected chi connectivity index (χ4v) is 7.91. The highest BCUT2D eigenvalue weighted by atomic mass is 31.2. The molecule has 3 N–H and O–H groups in total. The summed E-state index contributed by atoms with van der Waals surface area (Å²) in [4.78, 5) is 35.0. The number of ether oxygens (including phenoxy) is 2. The van der Waals surface area contributed by atoms with E-state index in [2.05, 4.69) is 98.9 Å². The standard InChI is InChI=1S/C56H98NO8P/c1-3-5-7-9-11-13-15-17-18-19-20-21-22-23-24-25-26-27-28-29-30-31-32-33-34-35-36-37-39-41-43-45-47-49-56(59)65-54(53-64-66(60,61)63-51-50-57)52-62-55(58)48-46-44-42-40-38-16-14-12-10-8-6-4-2/h5,7,11,13,17-18,20-21,23-24,26-27,29-30,54H,3-4,6,8-10,12,14-16,19,22,25,28,31-53,57H2,1-2H3,(H,60,61)/b7-5-,13-11-,18-17-,21-20-,24-23-,27-26-,30-29-. The quantitative estimate of drug-likeness (QED) is 0.0265. The minimum absolute atomic E-state index is 0.0509. The van der Waals surface area contributed by atoms with Crippen LogP contribution in [0.25, 0.3) is 0 Å². The lowest BCUT2D eigenvalue weighted by molar-refractivity contribution is -0.161. The first kappa shape index (κ1) is 63.2. The zero-order chi connectivity index (χ0) is 48.1. The van der Waals surface area contributed by atoms with Gasteiger partial charge in [0.15, 0.2) is 6.10 Å². The van der Waals surface area contributed by atoms with Crippen molar-refractivity contribution in [3.05, 3.63) is 85.1 Å². The molecule has 0 aliphatic heterocycles. The Labute approximate surface area is 404 Å². The molecule has 0 radical (unpaired) electrons. The Morgan fingerprint density at radius 2 is 0.833 bits per heavy atom. The van der Waals surface area contributed by atoms with Crippen LogP contribution in [0, 0.1) is 0 Å². The summed E-state index contributed by atoms with van der Waals surface area (Å²) >= 11 is 0. The molecule has 0 aliphatic rings. The molecule has 0 bridgehead atoms. The molecule has 0 aromatic heterocycles. The minimum Gasteiger partial charge on any atom is -0.462 e. The van der Waals surface area contributed by atoms with Gasteiger partial charge in [0.1, 0.15) is 6.61 Å². The fraction of sp³-hybridized carbons (Fsp3) is 0.714. The summed E-state index contributed by atoms with van der Waals surface area (Å²) in [5.41, 5.74) is 5.36. The van der Waals surface area contributed by atoms with Crippen molar-refractivity contribution in [3.63, 3.8) is 0 Å². The maximum absolute atomic E-state index is 12.7. The van der Waals surface area contributed by atoms with Gasteiger partial charge in [0.05, 0.1) is 13.2 Å². The molecule has 66 heavy (non-hydrogen) atoms. The van der Waals surface area contributed by atoms with Crippen LogP contribution in [-0.2, 0) is 32.7 Å². The molecule has 0 heterocycles. The zero-order valence-corrected chi connectivity index (χ0v) is 43.0. The van der Waals surface area contributed by atoms with Crippen LogP contribution in [-0.4, -0.2) is 49.3 Å². The number of carbonyl (C=O) groups is 2. The van der Waals surface area contributed by atoms with Gasteiger partial charge in [-0.1, -0.05) is 227 Å². The summed E-state index contributed by atoms with van der Waals surface area (Å²) in [6, 6.07) is 0. The topological polar surface area (TPSA) is 134 Å². The van der Waals surface area contributed by atoms with Crippen molar-refractivity contribution >= 4 is 19.8 Å². The first-order valence-electron chi connectivity index (χ1n) is 26.6. The number of hydrogen-bond donors (Lipinski definition) is 2. The van der Waals surface area contributed by atoms with E-state index in [-0.39, 0.29) is 38.6 Å².